The van der Waals surface area contributed by atoms with Crippen LogP contribution in [0.4, 0.5) is 8.78 Å². The van der Waals surface area contributed by atoms with Gasteiger partial charge in [0.15, 0.2) is 0 Å². The lowest BCUT2D eigenvalue weighted by Gasteiger charge is -2.14. The second-order valence-electron chi connectivity index (χ2n) is 4.49. The fourth-order valence-corrected chi connectivity index (χ4v) is 2.79. The Balaban J connectivity index is 2.46. The van der Waals surface area contributed by atoms with Crippen LogP contribution >= 0.6 is 31.9 Å². The molecule has 0 saturated heterocycles. The molecule has 0 N–H and O–H groups in total. The van der Waals surface area contributed by atoms with Crippen LogP contribution in [0.15, 0.2) is 34.8 Å². The minimum Gasteiger partial charge on any atom is -0.207 e. The van der Waals surface area contributed by atoms with E-state index < -0.39 is 11.6 Å². The molecule has 2 aromatic carbocycles. The van der Waals surface area contributed by atoms with Gasteiger partial charge in [0.05, 0.1) is 9.30 Å². The van der Waals surface area contributed by atoms with Crippen molar-refractivity contribution in [2.24, 2.45) is 0 Å². The molecule has 0 aliphatic carbocycles. The van der Waals surface area contributed by atoms with Crippen molar-refractivity contribution in [1.82, 2.24) is 0 Å². The minimum atomic E-state index is -0.468. The first-order valence-electron chi connectivity index (χ1n) is 5.76. The molecule has 0 aromatic heterocycles. The number of hydrogen-bond donors (Lipinski definition) is 0. The van der Waals surface area contributed by atoms with Crippen LogP contribution in [0.5, 0.6) is 0 Å². The van der Waals surface area contributed by atoms with Crippen molar-refractivity contribution in [2.75, 3.05) is 0 Å². The second-order valence-corrected chi connectivity index (χ2v) is 6.26. The Kier molecular flexibility index (Phi) is 4.41. The molecule has 0 radical (unpaired) electrons. The van der Waals surface area contributed by atoms with Gasteiger partial charge in [0.1, 0.15) is 11.6 Å². The van der Waals surface area contributed by atoms with Gasteiger partial charge in [0.25, 0.3) is 0 Å². The Morgan fingerprint density at radius 2 is 1.63 bits per heavy atom. The van der Waals surface area contributed by atoms with Crippen molar-refractivity contribution in [2.45, 2.75) is 18.7 Å². The molecule has 0 spiro atoms. The number of benzene rings is 2. The monoisotopic (exact) mass is 388 g/mol. The third-order valence-corrected chi connectivity index (χ3v) is 4.77. The van der Waals surface area contributed by atoms with Gasteiger partial charge in [-0.1, -0.05) is 34.1 Å². The van der Waals surface area contributed by atoms with Gasteiger partial charge < -0.3 is 0 Å². The van der Waals surface area contributed by atoms with E-state index in [1.807, 2.05) is 32.0 Å². The fraction of sp³-hybridized carbons (Fsp3) is 0.200. The van der Waals surface area contributed by atoms with Crippen LogP contribution in [-0.4, -0.2) is 0 Å². The summed E-state index contributed by atoms with van der Waals surface area (Å²) in [7, 11) is 0. The van der Waals surface area contributed by atoms with Crippen molar-refractivity contribution in [3.05, 3.63) is 68.7 Å². The third-order valence-electron chi connectivity index (χ3n) is 3.14. The van der Waals surface area contributed by atoms with E-state index in [1.54, 1.807) is 0 Å². The summed E-state index contributed by atoms with van der Waals surface area (Å²) in [4.78, 5) is -0.366. The average Bonchev–Trinajstić information content (AvgIpc) is 2.36. The first kappa shape index (κ1) is 14.7. The van der Waals surface area contributed by atoms with Gasteiger partial charge in [-0.2, -0.15) is 0 Å². The Labute approximate surface area is 128 Å². The van der Waals surface area contributed by atoms with E-state index in [-0.39, 0.29) is 9.30 Å². The molecule has 19 heavy (non-hydrogen) atoms. The zero-order valence-electron chi connectivity index (χ0n) is 10.5. The molecule has 1 unspecified atom stereocenters. The molecule has 1 atom stereocenters. The quantitative estimate of drug-likeness (QED) is 0.447. The van der Waals surface area contributed by atoms with Crippen molar-refractivity contribution < 1.29 is 8.78 Å². The topological polar surface area (TPSA) is 0 Å². The highest BCUT2D eigenvalue weighted by Gasteiger charge is 2.17. The number of alkyl halides is 1. The Morgan fingerprint density at radius 3 is 2.26 bits per heavy atom. The highest BCUT2D eigenvalue weighted by atomic mass is 79.9. The van der Waals surface area contributed by atoms with Crippen LogP contribution in [0.2, 0.25) is 0 Å². The van der Waals surface area contributed by atoms with Gasteiger partial charge in [0, 0.05) is 5.56 Å². The van der Waals surface area contributed by atoms with Gasteiger partial charge in [-0.05, 0) is 58.6 Å². The molecular formula is C15H12Br2F2. The van der Waals surface area contributed by atoms with E-state index in [2.05, 4.69) is 31.9 Å². The molecule has 0 amide bonds. The zero-order chi connectivity index (χ0) is 14.2. The van der Waals surface area contributed by atoms with Crippen LogP contribution in [0.1, 0.15) is 27.1 Å². The largest absolute Gasteiger partial charge is 0.207 e. The lowest BCUT2D eigenvalue weighted by atomic mass is 10.00. The molecule has 2 aromatic rings. The first-order chi connectivity index (χ1) is 8.90. The summed E-state index contributed by atoms with van der Waals surface area (Å²) in [6, 6.07) is 8.25. The SMILES string of the molecule is Cc1ccc(C(Br)c2cc(F)c(Br)cc2F)cc1C. The summed E-state index contributed by atoms with van der Waals surface area (Å²) >= 11 is 6.42. The van der Waals surface area contributed by atoms with E-state index in [4.69, 9.17) is 0 Å². The van der Waals surface area contributed by atoms with Gasteiger partial charge in [0.2, 0.25) is 0 Å². The number of aryl methyl sites for hydroxylation is 2. The normalized spacial score (nSPS) is 12.5. The van der Waals surface area contributed by atoms with Crippen molar-refractivity contribution in [1.29, 1.82) is 0 Å². The minimum absolute atomic E-state index is 0.133. The Morgan fingerprint density at radius 1 is 0.947 bits per heavy atom. The number of halogens is 4. The van der Waals surface area contributed by atoms with Gasteiger partial charge in [-0.15, -0.1) is 0 Å². The van der Waals surface area contributed by atoms with Crippen LogP contribution < -0.4 is 0 Å². The maximum atomic E-state index is 13.9. The zero-order valence-corrected chi connectivity index (χ0v) is 13.6. The predicted molar refractivity (Wildman–Crippen MR) is 80.7 cm³/mol. The summed E-state index contributed by atoms with van der Waals surface area (Å²) in [5, 5.41) is 0. The molecule has 0 aliphatic rings. The average molecular weight is 390 g/mol. The van der Waals surface area contributed by atoms with Crippen molar-refractivity contribution in [3.63, 3.8) is 0 Å². The van der Waals surface area contributed by atoms with E-state index in [0.717, 1.165) is 17.2 Å². The molecule has 2 rings (SSSR count). The lowest BCUT2D eigenvalue weighted by Crippen LogP contribution is -1.99. The van der Waals surface area contributed by atoms with E-state index >= 15 is 0 Å². The summed E-state index contributed by atoms with van der Waals surface area (Å²) < 4.78 is 27.6. The molecule has 0 fully saturated rings. The Bertz CT molecular complexity index is 624. The van der Waals surface area contributed by atoms with Crippen LogP contribution in [-0.2, 0) is 0 Å². The summed E-state index contributed by atoms with van der Waals surface area (Å²) in [5.41, 5.74) is 3.50. The predicted octanol–water partition coefficient (Wildman–Crippen LogP) is 5.83. The van der Waals surface area contributed by atoms with Crippen molar-refractivity contribution in [3.8, 4) is 0 Å². The molecule has 100 valence electrons. The summed E-state index contributed by atoms with van der Waals surface area (Å²) in [6.07, 6.45) is 0. The third kappa shape index (κ3) is 3.06. The Hall–Kier alpha value is -0.740. The van der Waals surface area contributed by atoms with Gasteiger partial charge in [-0.3, -0.25) is 0 Å². The number of rotatable bonds is 2. The second kappa shape index (κ2) is 5.71. The molecule has 0 heterocycles. The van der Waals surface area contributed by atoms with Crippen LogP contribution in [0, 0.1) is 25.5 Å². The van der Waals surface area contributed by atoms with Gasteiger partial charge in [-0.25, -0.2) is 8.78 Å². The summed E-state index contributed by atoms with van der Waals surface area (Å²) in [5.74, 6) is -0.905. The first-order valence-corrected chi connectivity index (χ1v) is 7.46. The standard InChI is InChI=1S/C15H12Br2F2/c1-8-3-4-10(5-9(8)2)15(17)11-6-14(19)12(16)7-13(11)18/h3-7,15H,1-2H3. The van der Waals surface area contributed by atoms with E-state index in [1.165, 1.54) is 11.6 Å². The van der Waals surface area contributed by atoms with Crippen molar-refractivity contribution >= 4 is 31.9 Å². The molecular weight excluding hydrogens is 378 g/mol. The highest BCUT2D eigenvalue weighted by Crippen LogP contribution is 2.35. The lowest BCUT2D eigenvalue weighted by molar-refractivity contribution is 0.583. The molecule has 4 heteroatoms. The van der Waals surface area contributed by atoms with Crippen LogP contribution in [0.3, 0.4) is 0 Å². The molecule has 0 nitrogen and oxygen atoms in total. The van der Waals surface area contributed by atoms with E-state index in [9.17, 15) is 8.78 Å². The maximum absolute atomic E-state index is 13.9. The van der Waals surface area contributed by atoms with E-state index in [0.29, 0.717) is 5.56 Å². The summed E-state index contributed by atoms with van der Waals surface area (Å²) in [6.45, 7) is 4.01. The molecule has 0 saturated carbocycles. The number of hydrogen-bond acceptors (Lipinski definition) is 0. The fourth-order valence-electron chi connectivity index (χ4n) is 1.83. The molecule has 0 aliphatic heterocycles. The highest BCUT2D eigenvalue weighted by molar-refractivity contribution is 9.10. The molecule has 0 bridgehead atoms. The van der Waals surface area contributed by atoms with Gasteiger partial charge >= 0.3 is 0 Å². The maximum Gasteiger partial charge on any atom is 0.137 e. The smallest absolute Gasteiger partial charge is 0.137 e. The van der Waals surface area contributed by atoms with Crippen LogP contribution in [0.25, 0.3) is 0 Å².